The van der Waals surface area contributed by atoms with E-state index < -0.39 is 0 Å². The van der Waals surface area contributed by atoms with Gasteiger partial charge in [0.25, 0.3) is 0 Å². The third-order valence-electron chi connectivity index (χ3n) is 19.6. The van der Waals surface area contributed by atoms with Gasteiger partial charge in [0.2, 0.25) is 0 Å². The molecule has 2 atom stereocenters. The second-order valence-corrected chi connectivity index (χ2v) is 25.1. The normalized spacial score (nSPS) is 14.0. The van der Waals surface area contributed by atoms with Crippen molar-refractivity contribution < 1.29 is 4.79 Å². The van der Waals surface area contributed by atoms with Crippen molar-refractivity contribution in [3.63, 3.8) is 0 Å². The summed E-state index contributed by atoms with van der Waals surface area (Å²) in [5.41, 5.74) is 26.6. The lowest BCUT2D eigenvalue weighted by Crippen LogP contribution is -2.28. The molecule has 0 fully saturated rings. The second kappa shape index (κ2) is 23.1. The summed E-state index contributed by atoms with van der Waals surface area (Å²) in [5.74, 6) is 0.205. The van der Waals surface area contributed by atoms with Gasteiger partial charge < -0.3 is 14.0 Å². The summed E-state index contributed by atoms with van der Waals surface area (Å²) >= 11 is 0. The summed E-state index contributed by atoms with van der Waals surface area (Å²) < 4.78 is 4.81. The summed E-state index contributed by atoms with van der Waals surface area (Å²) in [6.07, 6.45) is 9.09. The van der Waals surface area contributed by atoms with Crippen LogP contribution in [0.5, 0.6) is 0 Å². The molecule has 0 N–H and O–H groups in total. The van der Waals surface area contributed by atoms with Gasteiger partial charge in [-0.1, -0.05) is 249 Å². The molecule has 2 aliphatic rings. The van der Waals surface area contributed by atoms with Crippen LogP contribution in [0.25, 0.3) is 133 Å². The first-order valence-electron chi connectivity index (χ1n) is 32.7. The Kier molecular flexibility index (Phi) is 13.5. The van der Waals surface area contributed by atoms with Crippen molar-refractivity contribution in [2.24, 2.45) is 0 Å². The molecule has 2 aromatic heterocycles. The van der Waals surface area contributed by atoms with Gasteiger partial charge in [0.05, 0.1) is 28.1 Å². The van der Waals surface area contributed by atoms with Gasteiger partial charge in [0.1, 0.15) is 0 Å². The van der Waals surface area contributed by atoms with Gasteiger partial charge in [-0.2, -0.15) is 0 Å². The van der Waals surface area contributed by atoms with Gasteiger partial charge in [-0.05, 0) is 193 Å². The molecule has 95 heavy (non-hydrogen) atoms. The fraction of sp³-hybridized carbons (Fsp3) is 0.0220. The lowest BCUT2D eigenvalue weighted by molar-refractivity contribution is 0.103. The molecule has 0 bridgehead atoms. The van der Waals surface area contributed by atoms with E-state index in [1.165, 1.54) is 43.8 Å². The topological polar surface area (TPSA) is 30.2 Å². The zero-order valence-corrected chi connectivity index (χ0v) is 52.0. The molecule has 14 aromatic carbocycles. The summed E-state index contributed by atoms with van der Waals surface area (Å²) in [5, 5.41) is 4.90. The van der Waals surface area contributed by atoms with E-state index in [0.717, 1.165) is 106 Å². The first kappa shape index (κ1) is 55.5. The monoisotopic (exact) mass is 1210 g/mol. The molecule has 2 unspecified atom stereocenters. The SMILES string of the molecule is O=C(c1cccc(-c2cccc(-c3c(-c4cccc(N5c6ccccc6C6C=CC=CC65)c4)cc(-c4ccc(-n5c6ccccc6c6ccccc65)cc4)cc3-c3cccc(-n4c5ccccc5c5ccccc54)c3)c2)c1)c1cc(-c2ccccc2)cc(-c2ccccc2)c1. The number of hydrogen-bond acceptors (Lipinski definition) is 2. The molecule has 0 amide bonds. The largest absolute Gasteiger partial charge is 0.333 e. The average Bonchev–Trinajstić information content (AvgIpc) is 1.71. The molecule has 1 aliphatic heterocycles. The number of carbonyl (C=O) groups is 1. The average molecular weight is 1210 g/mol. The molecule has 4 nitrogen and oxygen atoms in total. The highest BCUT2D eigenvalue weighted by molar-refractivity contribution is 6.12. The van der Waals surface area contributed by atoms with E-state index in [-0.39, 0.29) is 17.7 Å². The highest BCUT2D eigenvalue weighted by Crippen LogP contribution is 2.50. The molecule has 16 aromatic rings. The number of benzene rings is 14. The third kappa shape index (κ3) is 9.65. The first-order valence-corrected chi connectivity index (χ1v) is 32.7. The van der Waals surface area contributed by atoms with Gasteiger partial charge in [-0.25, -0.2) is 0 Å². The summed E-state index contributed by atoms with van der Waals surface area (Å²) in [4.78, 5) is 17.7. The molecule has 1 aliphatic carbocycles. The first-order chi connectivity index (χ1) is 47.0. The van der Waals surface area contributed by atoms with E-state index in [1.807, 2.05) is 60.7 Å². The zero-order chi connectivity index (χ0) is 62.9. The minimum absolute atomic E-state index is 0.0316. The summed E-state index contributed by atoms with van der Waals surface area (Å²) in [7, 11) is 0. The van der Waals surface area contributed by atoms with Crippen LogP contribution in [0.4, 0.5) is 11.4 Å². The van der Waals surface area contributed by atoms with Gasteiger partial charge in [0.15, 0.2) is 5.78 Å². The van der Waals surface area contributed by atoms with Crippen molar-refractivity contribution in [3.05, 3.63) is 375 Å². The van der Waals surface area contributed by atoms with Crippen LogP contribution >= 0.6 is 0 Å². The Labute approximate surface area is 552 Å². The van der Waals surface area contributed by atoms with Crippen molar-refractivity contribution in [3.8, 4) is 89.3 Å². The molecule has 18 rings (SSSR count). The molecule has 446 valence electrons. The van der Waals surface area contributed by atoms with Gasteiger partial charge in [-0.3, -0.25) is 4.79 Å². The number of carbonyl (C=O) groups excluding carboxylic acids is 1. The number of allylic oxidation sites excluding steroid dienone is 2. The number of hydrogen-bond donors (Lipinski definition) is 0. The molecule has 0 saturated heterocycles. The van der Waals surface area contributed by atoms with E-state index in [4.69, 9.17) is 0 Å². The van der Waals surface area contributed by atoms with Crippen LogP contribution in [0.2, 0.25) is 0 Å². The van der Waals surface area contributed by atoms with Crippen molar-refractivity contribution >= 4 is 60.8 Å². The number of aromatic nitrogens is 2. The van der Waals surface area contributed by atoms with E-state index in [1.54, 1.807) is 0 Å². The molecule has 0 spiro atoms. The molecule has 4 heteroatoms. The Balaban J connectivity index is 0.839. The Morgan fingerprint density at radius 2 is 0.695 bits per heavy atom. The van der Waals surface area contributed by atoms with Crippen molar-refractivity contribution in [2.75, 3.05) is 4.90 Å². The van der Waals surface area contributed by atoms with Crippen molar-refractivity contribution in [2.45, 2.75) is 12.0 Å². The van der Waals surface area contributed by atoms with Crippen LogP contribution < -0.4 is 4.90 Å². The van der Waals surface area contributed by atoms with Gasteiger partial charge in [-0.15, -0.1) is 0 Å². The predicted octanol–water partition coefficient (Wildman–Crippen LogP) is 23.5. The number of fused-ring (bicyclic) bond motifs is 9. The fourth-order valence-corrected chi connectivity index (χ4v) is 15.2. The van der Waals surface area contributed by atoms with Gasteiger partial charge >= 0.3 is 0 Å². The number of ketones is 1. The molecule has 3 heterocycles. The maximum absolute atomic E-state index is 15.1. The third-order valence-corrected chi connectivity index (χ3v) is 19.6. The smallest absolute Gasteiger partial charge is 0.193 e. The van der Waals surface area contributed by atoms with E-state index in [2.05, 4.69) is 311 Å². The number of para-hydroxylation sites is 5. The molecular formula is C91H61N3O. The minimum atomic E-state index is -0.0316. The molecular weight excluding hydrogens is 1150 g/mol. The van der Waals surface area contributed by atoms with Crippen LogP contribution in [0, 0.1) is 0 Å². The van der Waals surface area contributed by atoms with E-state index >= 15 is 4.79 Å². The maximum Gasteiger partial charge on any atom is 0.193 e. The van der Waals surface area contributed by atoms with E-state index in [0.29, 0.717) is 11.1 Å². The van der Waals surface area contributed by atoms with Crippen LogP contribution in [0.3, 0.4) is 0 Å². The van der Waals surface area contributed by atoms with Crippen LogP contribution in [-0.2, 0) is 0 Å². The maximum atomic E-state index is 15.1. The Bertz CT molecular complexity index is 5600. The Morgan fingerprint density at radius 3 is 1.31 bits per heavy atom. The summed E-state index contributed by atoms with van der Waals surface area (Å²) in [6.45, 7) is 0. The van der Waals surface area contributed by atoms with Crippen LogP contribution in [-0.4, -0.2) is 21.0 Å². The van der Waals surface area contributed by atoms with Crippen molar-refractivity contribution in [1.82, 2.24) is 9.13 Å². The van der Waals surface area contributed by atoms with E-state index in [9.17, 15) is 0 Å². The lowest BCUT2D eigenvalue weighted by atomic mass is 9.83. The quantitative estimate of drug-likeness (QED) is 0.114. The number of nitrogens with zero attached hydrogens (tertiary/aromatic N) is 3. The Morgan fingerprint density at radius 1 is 0.274 bits per heavy atom. The molecule has 0 saturated carbocycles. The molecule has 0 radical (unpaired) electrons. The van der Waals surface area contributed by atoms with Gasteiger partial charge in [0, 0.05) is 61.3 Å². The van der Waals surface area contributed by atoms with Crippen molar-refractivity contribution in [1.29, 1.82) is 0 Å². The second-order valence-electron chi connectivity index (χ2n) is 25.1. The summed E-state index contributed by atoms with van der Waals surface area (Å²) in [6, 6.07) is 120. The van der Waals surface area contributed by atoms with Crippen LogP contribution in [0.15, 0.2) is 358 Å². The van der Waals surface area contributed by atoms with Crippen LogP contribution in [0.1, 0.15) is 27.4 Å². The number of rotatable bonds is 12. The zero-order valence-electron chi connectivity index (χ0n) is 52.0. The minimum Gasteiger partial charge on any atom is -0.333 e. The highest BCUT2D eigenvalue weighted by Gasteiger charge is 2.37. The lowest BCUT2D eigenvalue weighted by Gasteiger charge is -2.29. The number of anilines is 2. The predicted molar refractivity (Wildman–Crippen MR) is 396 cm³/mol. The fourth-order valence-electron chi connectivity index (χ4n) is 15.2. The Hall–Kier alpha value is -12.4. The highest BCUT2D eigenvalue weighted by atomic mass is 16.1. The standard InChI is InChI=1S/C91H61N3O/c95-91(72-54-69(60-23-3-1-4-24-60)53-70(55-72)61-25-5-2-6-26-61)68-32-20-28-64(52-68)63-27-19-31-67(51-63)90-82(65-29-21-33-74(56-65)93-86-43-15-9-37-78(86)79-38-10-16-44-87(79)93)58-71(62-47-49-73(50-48-62)92-84-41-13-7-35-76(84)77-36-8-14-42-85(77)92)59-83(90)66-30-22-34-75(57-66)94-88-45-17-11-39-80(88)81-40-12-18-46-89(81)94/h1-59,78,86H.